The van der Waals surface area contributed by atoms with Gasteiger partial charge in [0.2, 0.25) is 0 Å². The van der Waals surface area contributed by atoms with Gasteiger partial charge in [0, 0.05) is 39.9 Å². The lowest BCUT2D eigenvalue weighted by molar-refractivity contribution is -0.139. The molecule has 1 atom stereocenters. The Morgan fingerprint density at radius 1 is 1.17 bits per heavy atom. The van der Waals surface area contributed by atoms with Crippen molar-refractivity contribution < 1.29 is 18.8 Å². The second-order valence-electron chi connectivity index (χ2n) is 7.46. The topological polar surface area (TPSA) is 88.0 Å². The fourth-order valence-corrected chi connectivity index (χ4v) is 3.79. The molecular formula is C21H26Cl2N2O4S. The lowest BCUT2D eigenvalue weighted by Crippen LogP contribution is -2.38. The van der Waals surface area contributed by atoms with Crippen LogP contribution in [0.5, 0.6) is 5.75 Å². The van der Waals surface area contributed by atoms with Crippen LogP contribution in [0.25, 0.3) is 0 Å². The van der Waals surface area contributed by atoms with E-state index < -0.39 is 21.7 Å². The molecule has 0 saturated carbocycles. The summed E-state index contributed by atoms with van der Waals surface area (Å²) in [6, 6.07) is 9.51. The molecule has 0 saturated heterocycles. The third-order valence-corrected chi connectivity index (χ3v) is 5.30. The number of ether oxygens (including phenoxy) is 1. The van der Waals surface area contributed by atoms with Crippen LogP contribution >= 0.6 is 23.2 Å². The second kappa shape index (κ2) is 10.5. The average Bonchev–Trinajstić information content (AvgIpc) is 2.61. The maximum atomic E-state index is 11.8. The van der Waals surface area contributed by atoms with Gasteiger partial charge in [-0.15, -0.1) is 0 Å². The molecule has 0 radical (unpaired) electrons. The molecule has 30 heavy (non-hydrogen) atoms. The zero-order chi connectivity index (χ0) is 22.5. The normalized spacial score (nSPS) is 12.6. The molecule has 2 aromatic rings. The van der Waals surface area contributed by atoms with E-state index in [9.17, 15) is 14.1 Å². The Bertz CT molecular complexity index is 1010. The van der Waals surface area contributed by atoms with Crippen LogP contribution in [-0.2, 0) is 27.5 Å². The number of aliphatic carboxylic acids is 1. The lowest BCUT2D eigenvalue weighted by atomic mass is 10.1. The van der Waals surface area contributed by atoms with Crippen LogP contribution in [0, 0.1) is 0 Å². The smallest absolute Gasteiger partial charge is 0.321 e. The minimum absolute atomic E-state index is 0.0424. The third-order valence-electron chi connectivity index (χ3n) is 4.00. The van der Waals surface area contributed by atoms with Gasteiger partial charge in [0.25, 0.3) is 0 Å². The van der Waals surface area contributed by atoms with Gasteiger partial charge in [0.05, 0.1) is 16.8 Å². The number of nitrogens with one attached hydrogen (secondary N) is 1. The van der Waals surface area contributed by atoms with Gasteiger partial charge in [-0.05, 0) is 49.6 Å². The third kappa shape index (κ3) is 7.80. The van der Waals surface area contributed by atoms with Gasteiger partial charge >= 0.3 is 5.97 Å². The van der Waals surface area contributed by atoms with E-state index in [4.69, 9.17) is 27.9 Å². The van der Waals surface area contributed by atoms with Gasteiger partial charge in [-0.25, -0.2) is 4.21 Å². The summed E-state index contributed by atoms with van der Waals surface area (Å²) in [4.78, 5) is 11.7. The standard InChI is InChI=1S/C21H26Cl2N2O4S/c1-13(2)29-20-11-17(22)15(10-18(20)23)12-24-19(21(26)27)9-14-5-7-16(8-6-14)25-30(3,4)28/h5-8,10-11,13,19,24H,9,12H2,1-4H3,(H,26,27). The molecule has 9 heteroatoms. The minimum atomic E-state index is -2.25. The van der Waals surface area contributed by atoms with Crippen molar-refractivity contribution in [3.8, 4) is 5.75 Å². The highest BCUT2D eigenvalue weighted by Crippen LogP contribution is 2.32. The van der Waals surface area contributed by atoms with Crippen LogP contribution in [0.1, 0.15) is 25.0 Å². The summed E-state index contributed by atoms with van der Waals surface area (Å²) in [6.45, 7) is 4.01. The van der Waals surface area contributed by atoms with Gasteiger partial charge in [-0.3, -0.25) is 10.1 Å². The van der Waals surface area contributed by atoms with E-state index in [1.165, 1.54) is 0 Å². The molecule has 0 spiro atoms. The molecule has 0 aliphatic heterocycles. The van der Waals surface area contributed by atoms with Gasteiger partial charge in [0.15, 0.2) is 0 Å². The van der Waals surface area contributed by atoms with E-state index >= 15 is 0 Å². The van der Waals surface area contributed by atoms with E-state index in [1.54, 1.807) is 48.9 Å². The van der Waals surface area contributed by atoms with Gasteiger partial charge in [-0.1, -0.05) is 35.3 Å². The Morgan fingerprint density at radius 2 is 1.80 bits per heavy atom. The van der Waals surface area contributed by atoms with Gasteiger partial charge in [0.1, 0.15) is 11.8 Å². The monoisotopic (exact) mass is 472 g/mol. The van der Waals surface area contributed by atoms with Gasteiger partial charge in [-0.2, -0.15) is 4.36 Å². The SMILES string of the molecule is CC(C)Oc1cc(Cl)c(CNC(Cc2ccc(N=S(C)(C)=O)cc2)C(=O)O)cc1Cl. The highest BCUT2D eigenvalue weighted by molar-refractivity contribution is 7.92. The summed E-state index contributed by atoms with van der Waals surface area (Å²) < 4.78 is 21.5. The Hall–Kier alpha value is -1.80. The fourth-order valence-electron chi connectivity index (χ4n) is 2.71. The average molecular weight is 473 g/mol. The predicted octanol–water partition coefficient (Wildman–Crippen LogP) is 4.93. The number of nitrogens with zero attached hydrogens (tertiary/aromatic N) is 1. The predicted molar refractivity (Wildman–Crippen MR) is 123 cm³/mol. The van der Waals surface area contributed by atoms with Crippen LogP contribution in [0.4, 0.5) is 5.69 Å². The number of hydrogen-bond donors (Lipinski definition) is 2. The number of benzene rings is 2. The number of carbonyl (C=O) groups is 1. The minimum Gasteiger partial charge on any atom is -0.489 e. The first-order valence-electron chi connectivity index (χ1n) is 9.31. The molecule has 0 heterocycles. The molecule has 0 aromatic heterocycles. The van der Waals surface area contributed by atoms with Crippen molar-refractivity contribution in [1.82, 2.24) is 5.32 Å². The Morgan fingerprint density at radius 3 is 2.33 bits per heavy atom. The molecule has 2 aromatic carbocycles. The molecule has 1 unspecified atom stereocenters. The zero-order valence-electron chi connectivity index (χ0n) is 17.3. The second-order valence-corrected chi connectivity index (χ2v) is 10.8. The Balaban J connectivity index is 2.09. The van der Waals surface area contributed by atoms with Crippen molar-refractivity contribution in [3.05, 3.63) is 57.6 Å². The van der Waals surface area contributed by atoms with Crippen molar-refractivity contribution in [2.45, 2.75) is 39.0 Å². The van der Waals surface area contributed by atoms with Crippen molar-refractivity contribution in [3.63, 3.8) is 0 Å². The fraction of sp³-hybridized carbons (Fsp3) is 0.381. The van der Waals surface area contributed by atoms with Crippen molar-refractivity contribution in [1.29, 1.82) is 0 Å². The van der Waals surface area contributed by atoms with Crippen molar-refractivity contribution in [2.75, 3.05) is 12.5 Å². The first-order valence-corrected chi connectivity index (χ1v) is 12.4. The number of carboxylic acids is 1. The maximum absolute atomic E-state index is 11.8. The summed E-state index contributed by atoms with van der Waals surface area (Å²) >= 11 is 12.6. The van der Waals surface area contributed by atoms with Crippen LogP contribution in [0.3, 0.4) is 0 Å². The summed E-state index contributed by atoms with van der Waals surface area (Å²) in [5.41, 5.74) is 2.09. The van der Waals surface area contributed by atoms with Crippen LogP contribution in [0.15, 0.2) is 40.8 Å². The quantitative estimate of drug-likeness (QED) is 0.540. The molecule has 0 bridgehead atoms. The number of rotatable bonds is 9. The highest BCUT2D eigenvalue weighted by atomic mass is 35.5. The molecular weight excluding hydrogens is 447 g/mol. The summed E-state index contributed by atoms with van der Waals surface area (Å²) in [5, 5.41) is 13.5. The number of halogens is 2. The molecule has 164 valence electrons. The molecule has 0 fully saturated rings. The number of carboxylic acid groups (broad SMARTS) is 1. The first-order chi connectivity index (χ1) is 13.9. The van der Waals surface area contributed by atoms with E-state index in [0.717, 1.165) is 5.56 Å². The van der Waals surface area contributed by atoms with E-state index in [1.807, 2.05) is 13.8 Å². The van der Waals surface area contributed by atoms with Crippen LogP contribution in [-0.4, -0.2) is 39.9 Å². The Kier molecular flexibility index (Phi) is 8.55. The van der Waals surface area contributed by atoms with Gasteiger partial charge < -0.3 is 9.84 Å². The molecule has 6 nitrogen and oxygen atoms in total. The first kappa shape index (κ1) is 24.5. The highest BCUT2D eigenvalue weighted by Gasteiger charge is 2.19. The molecule has 0 aliphatic rings. The molecule has 2 rings (SSSR count). The summed E-state index contributed by atoms with van der Waals surface area (Å²) in [7, 11) is -2.25. The van der Waals surface area contributed by atoms with E-state index in [2.05, 4.69) is 9.68 Å². The molecule has 2 N–H and O–H groups in total. The zero-order valence-corrected chi connectivity index (χ0v) is 19.6. The van der Waals surface area contributed by atoms with Crippen LogP contribution < -0.4 is 10.1 Å². The van der Waals surface area contributed by atoms with Crippen molar-refractivity contribution >= 4 is 44.6 Å². The summed E-state index contributed by atoms with van der Waals surface area (Å²) in [5.74, 6) is -0.486. The Labute approximate surface area is 187 Å². The molecule has 0 aliphatic carbocycles. The van der Waals surface area contributed by atoms with E-state index in [-0.39, 0.29) is 19.1 Å². The number of hydrogen-bond acceptors (Lipinski definition) is 5. The van der Waals surface area contributed by atoms with Crippen LogP contribution in [0.2, 0.25) is 10.0 Å². The maximum Gasteiger partial charge on any atom is 0.321 e. The molecule has 0 amide bonds. The largest absolute Gasteiger partial charge is 0.489 e. The summed E-state index contributed by atoms with van der Waals surface area (Å²) in [6.07, 6.45) is 3.34. The lowest BCUT2D eigenvalue weighted by Gasteiger charge is -2.17. The van der Waals surface area contributed by atoms with E-state index in [0.29, 0.717) is 27.0 Å². The van der Waals surface area contributed by atoms with Crippen molar-refractivity contribution in [2.24, 2.45) is 4.36 Å².